The number of nitrogens with zero attached hydrogens (tertiary/aromatic N) is 1. The van der Waals surface area contributed by atoms with Crippen molar-refractivity contribution in [2.24, 2.45) is 17.8 Å². The molecule has 248 valence electrons. The number of aromatic nitrogens is 1. The fourth-order valence-corrected chi connectivity index (χ4v) is 6.46. The van der Waals surface area contributed by atoms with Crippen LogP contribution in [0, 0.1) is 24.7 Å². The molecule has 0 unspecified atom stereocenters. The Balaban J connectivity index is 1.28. The number of carbonyl (C=O) groups is 2. The lowest BCUT2D eigenvalue weighted by Crippen LogP contribution is -2.34. The highest BCUT2D eigenvalue weighted by Gasteiger charge is 2.51. The summed E-state index contributed by atoms with van der Waals surface area (Å²) in [5.41, 5.74) is 2.51. The van der Waals surface area contributed by atoms with Gasteiger partial charge in [-0.1, -0.05) is 44.2 Å². The summed E-state index contributed by atoms with van der Waals surface area (Å²) in [6.07, 6.45) is 17.3. The Morgan fingerprint density at radius 1 is 1.27 bits per heavy atom. The van der Waals surface area contributed by atoms with Gasteiger partial charge in [-0.3, -0.25) is 9.59 Å². The van der Waals surface area contributed by atoms with Crippen LogP contribution in [0.1, 0.15) is 85.2 Å². The second-order valence-corrected chi connectivity index (χ2v) is 13.3. The highest BCUT2D eigenvalue weighted by molar-refractivity contribution is 5.70. The lowest BCUT2D eigenvalue weighted by molar-refractivity contribution is -0.159. The quantitative estimate of drug-likeness (QED) is 0.0613. The van der Waals surface area contributed by atoms with E-state index in [-0.39, 0.29) is 53.9 Å². The van der Waals surface area contributed by atoms with E-state index in [0.717, 1.165) is 36.1 Å². The van der Waals surface area contributed by atoms with E-state index < -0.39 is 0 Å². The third-order valence-corrected chi connectivity index (χ3v) is 9.48. The Kier molecular flexibility index (Phi) is 12.0. The minimum Gasteiger partial charge on any atom is -0.464 e. The normalized spacial score (nSPS) is 31.5. The first-order valence-corrected chi connectivity index (χ1v) is 16.2. The molecule has 0 spiro atoms. The van der Waals surface area contributed by atoms with Crippen LogP contribution < -0.4 is 0 Å². The van der Waals surface area contributed by atoms with Gasteiger partial charge in [0.05, 0.1) is 23.9 Å². The van der Waals surface area contributed by atoms with E-state index in [9.17, 15) is 9.59 Å². The van der Waals surface area contributed by atoms with Crippen molar-refractivity contribution in [1.29, 1.82) is 0 Å². The summed E-state index contributed by atoms with van der Waals surface area (Å²) in [7, 11) is 1.68. The van der Waals surface area contributed by atoms with Crippen LogP contribution in [0.2, 0.25) is 0 Å². The molecule has 1 aromatic heterocycles. The van der Waals surface area contributed by atoms with Crippen LogP contribution in [0.3, 0.4) is 0 Å². The Morgan fingerprint density at radius 2 is 2.02 bits per heavy atom. The standard InChI is InChI=1S/C36H51NO8/c1-22(16-29-20-41-27(6)37-29)10-9-11-24(3)35(40-8)25(4)30(42-21-38)14-15-36(7)33(45-36)13-12-23(2)31-17-28(19-34(39)44-31)18-32-26(5)43-32/h9-13,16,20-21,23,25-26,28,30-33,35H,14-15,17-19H2,1-8H3/b10-9+,13-12+,22-16+,24-11+/t23-,25+,26+,28-,30-,31-,32-,33-,35+,36-/m1/s1. The van der Waals surface area contributed by atoms with Crippen molar-refractivity contribution in [3.05, 3.63) is 59.4 Å². The molecule has 0 radical (unpaired) electrons. The predicted molar refractivity (Wildman–Crippen MR) is 171 cm³/mol. The number of rotatable bonds is 17. The predicted octanol–water partition coefficient (Wildman–Crippen LogP) is 6.71. The molecule has 3 aliphatic rings. The Morgan fingerprint density at radius 3 is 2.67 bits per heavy atom. The number of oxazole rings is 1. The average molecular weight is 626 g/mol. The number of methoxy groups -OCH3 is 1. The topological polar surface area (TPSA) is 113 Å². The lowest BCUT2D eigenvalue weighted by atomic mass is 9.85. The van der Waals surface area contributed by atoms with Gasteiger partial charge in [0.2, 0.25) is 0 Å². The zero-order valence-electron chi connectivity index (χ0n) is 28.1. The molecule has 0 amide bonds. The number of esters is 1. The molecular formula is C36H51NO8. The second-order valence-electron chi connectivity index (χ2n) is 13.3. The number of allylic oxidation sites excluding steroid dienone is 4. The third kappa shape index (κ3) is 9.99. The molecule has 4 heterocycles. The molecule has 9 nitrogen and oxygen atoms in total. The van der Waals surface area contributed by atoms with Crippen LogP contribution in [0.25, 0.3) is 6.08 Å². The molecule has 3 aliphatic heterocycles. The van der Waals surface area contributed by atoms with Gasteiger partial charge in [0.15, 0.2) is 5.89 Å². The van der Waals surface area contributed by atoms with Gasteiger partial charge >= 0.3 is 5.97 Å². The first-order valence-electron chi connectivity index (χ1n) is 16.2. The number of hydrogen-bond donors (Lipinski definition) is 0. The van der Waals surface area contributed by atoms with Crippen LogP contribution in [0.4, 0.5) is 0 Å². The van der Waals surface area contributed by atoms with Crippen molar-refractivity contribution in [1.82, 2.24) is 4.98 Å². The molecular weight excluding hydrogens is 574 g/mol. The van der Waals surface area contributed by atoms with Crippen molar-refractivity contribution < 1.29 is 37.7 Å². The van der Waals surface area contributed by atoms with Crippen molar-refractivity contribution in [3.63, 3.8) is 0 Å². The second kappa shape index (κ2) is 15.5. The van der Waals surface area contributed by atoms with Crippen LogP contribution in [-0.2, 0) is 33.3 Å². The molecule has 10 atom stereocenters. The fraction of sp³-hybridized carbons (Fsp3) is 0.639. The summed E-state index contributed by atoms with van der Waals surface area (Å²) < 4.78 is 34.1. The van der Waals surface area contributed by atoms with Crippen molar-refractivity contribution in [2.75, 3.05) is 7.11 Å². The highest BCUT2D eigenvalue weighted by Crippen LogP contribution is 2.43. The van der Waals surface area contributed by atoms with Crippen molar-refractivity contribution >= 4 is 18.5 Å². The molecule has 3 fully saturated rings. The van der Waals surface area contributed by atoms with E-state index in [1.807, 2.05) is 52.0 Å². The first kappa shape index (κ1) is 34.9. The summed E-state index contributed by atoms with van der Waals surface area (Å²) in [6, 6.07) is 0. The van der Waals surface area contributed by atoms with Crippen LogP contribution >= 0.6 is 0 Å². The Bertz CT molecular complexity index is 1280. The van der Waals surface area contributed by atoms with E-state index in [1.165, 1.54) is 0 Å². The molecule has 45 heavy (non-hydrogen) atoms. The van der Waals surface area contributed by atoms with E-state index in [0.29, 0.717) is 37.2 Å². The average Bonchev–Trinajstić information content (AvgIpc) is 3.81. The zero-order chi connectivity index (χ0) is 32.7. The number of epoxide rings is 2. The molecule has 4 rings (SSSR count). The van der Waals surface area contributed by atoms with E-state index >= 15 is 0 Å². The minimum absolute atomic E-state index is 0.0367. The first-order chi connectivity index (χ1) is 21.4. The van der Waals surface area contributed by atoms with Gasteiger partial charge in [0, 0.05) is 32.3 Å². The summed E-state index contributed by atoms with van der Waals surface area (Å²) in [5, 5.41) is 0. The third-order valence-electron chi connectivity index (χ3n) is 9.48. The van der Waals surface area contributed by atoms with Gasteiger partial charge in [-0.2, -0.15) is 0 Å². The number of aryl methyl sites for hydroxylation is 1. The molecule has 0 saturated carbocycles. The van der Waals surface area contributed by atoms with Gasteiger partial charge in [-0.05, 0) is 76.5 Å². The van der Waals surface area contributed by atoms with Crippen molar-refractivity contribution in [3.8, 4) is 0 Å². The Hall–Kier alpha value is -3.01. The smallest absolute Gasteiger partial charge is 0.306 e. The maximum Gasteiger partial charge on any atom is 0.306 e. The molecule has 3 saturated heterocycles. The molecule has 1 aromatic rings. The molecule has 0 aromatic carbocycles. The lowest BCUT2D eigenvalue weighted by Gasteiger charge is -2.31. The number of carbonyl (C=O) groups excluding carboxylic acids is 2. The number of ether oxygens (including phenoxy) is 5. The summed E-state index contributed by atoms with van der Waals surface area (Å²) in [5.74, 6) is 0.837. The summed E-state index contributed by atoms with van der Waals surface area (Å²) in [4.78, 5) is 28.0. The molecule has 0 bridgehead atoms. The van der Waals surface area contributed by atoms with Gasteiger partial charge in [-0.15, -0.1) is 0 Å². The van der Waals surface area contributed by atoms with Crippen LogP contribution in [-0.4, -0.2) is 66.8 Å². The minimum atomic E-state index is -0.339. The Labute approximate surface area is 268 Å². The monoisotopic (exact) mass is 625 g/mol. The zero-order valence-corrected chi connectivity index (χ0v) is 28.1. The van der Waals surface area contributed by atoms with Crippen LogP contribution in [0.15, 0.2) is 52.2 Å². The maximum absolute atomic E-state index is 12.3. The SMILES string of the molecule is CO[C@@H](/C(C)=C/C=C/C(C)=C/c1coc(C)n1)[C@@H](C)[C@@H](CC[C@@]1(C)O[C@@H]1/C=C/[C@@H](C)[C@H]1C[C@H](C[C@H]2O[C@H]2C)CC(=O)O1)OC=O. The maximum atomic E-state index is 12.3. The van der Waals surface area contributed by atoms with E-state index in [1.54, 1.807) is 13.4 Å². The summed E-state index contributed by atoms with van der Waals surface area (Å²) in [6.45, 7) is 14.7. The van der Waals surface area contributed by atoms with E-state index in [4.69, 9.17) is 28.1 Å². The molecule has 9 heteroatoms. The van der Waals surface area contributed by atoms with Gasteiger partial charge in [0.1, 0.15) is 30.3 Å². The molecule has 0 aliphatic carbocycles. The number of cyclic esters (lactones) is 1. The highest BCUT2D eigenvalue weighted by atomic mass is 16.6. The number of hydrogen-bond acceptors (Lipinski definition) is 9. The van der Waals surface area contributed by atoms with Gasteiger partial charge in [0.25, 0.3) is 6.47 Å². The van der Waals surface area contributed by atoms with Crippen LogP contribution in [0.5, 0.6) is 0 Å². The van der Waals surface area contributed by atoms with Gasteiger partial charge < -0.3 is 28.1 Å². The largest absolute Gasteiger partial charge is 0.464 e. The van der Waals surface area contributed by atoms with Crippen molar-refractivity contribution in [2.45, 2.75) is 123 Å². The fourth-order valence-electron chi connectivity index (χ4n) is 6.46. The molecule has 0 N–H and O–H groups in total. The van der Waals surface area contributed by atoms with Gasteiger partial charge in [-0.25, -0.2) is 4.98 Å². The summed E-state index contributed by atoms with van der Waals surface area (Å²) >= 11 is 0. The van der Waals surface area contributed by atoms with E-state index in [2.05, 4.69) is 37.9 Å².